The van der Waals surface area contributed by atoms with Gasteiger partial charge in [0, 0.05) is 15.7 Å². The average molecular weight is 372 g/mol. The first-order valence-electron chi connectivity index (χ1n) is 6.22. The topological polar surface area (TPSA) is 63.4 Å². The van der Waals surface area contributed by atoms with Crippen LogP contribution in [0.4, 0.5) is 0 Å². The molecular weight excluding hydrogens is 355 g/mol. The molecule has 0 spiro atoms. The normalized spacial score (nSPS) is 23.5. The summed E-state index contributed by atoms with van der Waals surface area (Å²) in [6.07, 6.45) is 0.725. The number of carbonyl (C=O) groups is 2. The zero-order valence-electron chi connectivity index (χ0n) is 10.9. The predicted octanol–water partition coefficient (Wildman–Crippen LogP) is 1.67. The van der Waals surface area contributed by atoms with Gasteiger partial charge in [-0.15, -0.1) is 0 Å². The van der Waals surface area contributed by atoms with Gasteiger partial charge in [0.2, 0.25) is 5.91 Å². The number of likely N-dealkylation sites (tertiary alicyclic amines) is 1. The number of halogens is 1. The van der Waals surface area contributed by atoms with Gasteiger partial charge in [-0.05, 0) is 54.6 Å². The van der Waals surface area contributed by atoms with Crippen LogP contribution in [0.3, 0.4) is 0 Å². The largest absolute Gasteiger partial charge is 0.369 e. The van der Waals surface area contributed by atoms with E-state index in [1.807, 2.05) is 36.1 Å². The maximum atomic E-state index is 12.1. The second-order valence-corrected chi connectivity index (χ2v) is 6.56. The zero-order valence-corrected chi connectivity index (χ0v) is 13.0. The summed E-state index contributed by atoms with van der Waals surface area (Å²) in [6, 6.07) is 7.53. The Labute approximate surface area is 126 Å². The summed E-state index contributed by atoms with van der Waals surface area (Å²) in [6.45, 7) is 3.53. The molecule has 0 bridgehead atoms. The molecule has 0 saturated carbocycles. The van der Waals surface area contributed by atoms with Crippen molar-refractivity contribution in [2.24, 2.45) is 11.1 Å². The van der Waals surface area contributed by atoms with Gasteiger partial charge in [0.1, 0.15) is 0 Å². The number of ketones is 1. The Hall–Kier alpha value is -0.950. The van der Waals surface area contributed by atoms with Gasteiger partial charge in [-0.25, -0.2) is 0 Å². The second kappa shape index (κ2) is 5.58. The van der Waals surface area contributed by atoms with Gasteiger partial charge in [0.25, 0.3) is 0 Å². The zero-order chi connectivity index (χ0) is 14.0. The van der Waals surface area contributed by atoms with E-state index >= 15 is 0 Å². The van der Waals surface area contributed by atoms with Crippen molar-refractivity contribution in [3.05, 3.63) is 33.4 Å². The van der Waals surface area contributed by atoms with Crippen molar-refractivity contribution in [3.8, 4) is 0 Å². The minimum absolute atomic E-state index is 0.0881. The Kier molecular flexibility index (Phi) is 4.25. The van der Waals surface area contributed by atoms with Crippen molar-refractivity contribution in [1.29, 1.82) is 0 Å². The summed E-state index contributed by atoms with van der Waals surface area (Å²) in [4.78, 5) is 25.5. The molecule has 1 amide bonds. The quantitative estimate of drug-likeness (QED) is 0.646. The molecule has 2 rings (SSSR count). The van der Waals surface area contributed by atoms with Crippen molar-refractivity contribution < 1.29 is 9.59 Å². The molecule has 1 aromatic carbocycles. The van der Waals surface area contributed by atoms with E-state index in [0.717, 1.165) is 16.5 Å². The Morgan fingerprint density at radius 3 is 2.53 bits per heavy atom. The number of hydrogen-bond acceptors (Lipinski definition) is 3. The van der Waals surface area contributed by atoms with Crippen LogP contribution in [0.15, 0.2) is 24.3 Å². The first-order chi connectivity index (χ1) is 8.90. The molecule has 5 heteroatoms. The molecule has 102 valence electrons. The third kappa shape index (κ3) is 3.33. The number of benzene rings is 1. The van der Waals surface area contributed by atoms with Crippen LogP contribution < -0.4 is 5.73 Å². The number of nitrogens with zero attached hydrogens (tertiary/aromatic N) is 1. The van der Waals surface area contributed by atoms with Crippen LogP contribution in [-0.4, -0.2) is 36.2 Å². The van der Waals surface area contributed by atoms with Crippen LogP contribution in [0.2, 0.25) is 0 Å². The lowest BCUT2D eigenvalue weighted by atomic mass is 9.89. The molecule has 1 atom stereocenters. The fourth-order valence-corrected chi connectivity index (χ4v) is 2.68. The lowest BCUT2D eigenvalue weighted by Gasteiger charge is -2.20. The molecule has 1 aromatic rings. The van der Waals surface area contributed by atoms with E-state index in [1.54, 1.807) is 0 Å². The maximum absolute atomic E-state index is 12.1. The fourth-order valence-electron chi connectivity index (χ4n) is 2.32. The van der Waals surface area contributed by atoms with Crippen LogP contribution >= 0.6 is 22.6 Å². The molecule has 0 aromatic heterocycles. The van der Waals surface area contributed by atoms with Gasteiger partial charge < -0.3 is 5.73 Å². The van der Waals surface area contributed by atoms with Crippen molar-refractivity contribution in [2.45, 2.75) is 13.3 Å². The standard InChI is InChI=1S/C14H17IN2O2/c1-14(13(16)19)6-7-17(9-14)8-12(18)10-2-4-11(15)5-3-10/h2-5H,6-9H2,1H3,(H2,16,19). The number of amides is 1. The van der Waals surface area contributed by atoms with Gasteiger partial charge in [-0.2, -0.15) is 0 Å². The third-order valence-corrected chi connectivity index (χ3v) is 4.40. The van der Waals surface area contributed by atoms with E-state index < -0.39 is 5.41 Å². The first kappa shape index (κ1) is 14.5. The molecule has 1 saturated heterocycles. The number of hydrogen-bond donors (Lipinski definition) is 1. The molecule has 0 radical (unpaired) electrons. The molecule has 4 nitrogen and oxygen atoms in total. The van der Waals surface area contributed by atoms with Crippen LogP contribution in [-0.2, 0) is 4.79 Å². The van der Waals surface area contributed by atoms with Gasteiger partial charge in [-0.1, -0.05) is 12.1 Å². The minimum Gasteiger partial charge on any atom is -0.369 e. The first-order valence-corrected chi connectivity index (χ1v) is 7.30. The number of rotatable bonds is 4. The summed E-state index contributed by atoms with van der Waals surface area (Å²) in [5.74, 6) is -0.193. The Bertz CT molecular complexity index is 501. The Morgan fingerprint density at radius 2 is 2.00 bits per heavy atom. The highest BCUT2D eigenvalue weighted by Gasteiger charge is 2.39. The molecule has 0 aliphatic carbocycles. The molecule has 1 heterocycles. The molecule has 1 fully saturated rings. The van der Waals surface area contributed by atoms with E-state index in [-0.39, 0.29) is 11.7 Å². The van der Waals surface area contributed by atoms with Crippen molar-refractivity contribution in [1.82, 2.24) is 4.90 Å². The highest BCUT2D eigenvalue weighted by atomic mass is 127. The van der Waals surface area contributed by atoms with Crippen LogP contribution in [0.1, 0.15) is 23.7 Å². The minimum atomic E-state index is -0.494. The predicted molar refractivity (Wildman–Crippen MR) is 81.8 cm³/mol. The average Bonchev–Trinajstić information content (AvgIpc) is 2.73. The van der Waals surface area contributed by atoms with Gasteiger partial charge in [0.05, 0.1) is 12.0 Å². The molecular formula is C14H17IN2O2. The van der Waals surface area contributed by atoms with Crippen molar-refractivity contribution in [2.75, 3.05) is 19.6 Å². The lowest BCUT2D eigenvalue weighted by molar-refractivity contribution is -0.126. The van der Waals surface area contributed by atoms with Crippen LogP contribution in [0.5, 0.6) is 0 Å². The van der Waals surface area contributed by atoms with Gasteiger partial charge in [0.15, 0.2) is 5.78 Å². The molecule has 19 heavy (non-hydrogen) atoms. The molecule has 1 aliphatic rings. The molecule has 1 unspecified atom stereocenters. The van der Waals surface area contributed by atoms with Gasteiger partial charge in [-0.3, -0.25) is 14.5 Å². The van der Waals surface area contributed by atoms with Crippen LogP contribution in [0, 0.1) is 8.99 Å². The number of primary amides is 1. The van der Waals surface area contributed by atoms with Gasteiger partial charge >= 0.3 is 0 Å². The summed E-state index contributed by atoms with van der Waals surface area (Å²) in [5.41, 5.74) is 5.62. The van der Waals surface area contributed by atoms with E-state index in [2.05, 4.69) is 22.6 Å². The highest BCUT2D eigenvalue weighted by Crippen LogP contribution is 2.29. The highest BCUT2D eigenvalue weighted by molar-refractivity contribution is 14.1. The number of carbonyl (C=O) groups excluding carboxylic acids is 2. The second-order valence-electron chi connectivity index (χ2n) is 5.32. The lowest BCUT2D eigenvalue weighted by Crippen LogP contribution is -2.38. The molecule has 1 aliphatic heterocycles. The smallest absolute Gasteiger partial charge is 0.224 e. The summed E-state index contributed by atoms with van der Waals surface area (Å²) >= 11 is 2.21. The van der Waals surface area contributed by atoms with Crippen molar-refractivity contribution in [3.63, 3.8) is 0 Å². The molecule has 2 N–H and O–H groups in total. The summed E-state index contributed by atoms with van der Waals surface area (Å²) in [5, 5.41) is 0. The monoisotopic (exact) mass is 372 g/mol. The fraction of sp³-hybridized carbons (Fsp3) is 0.429. The van der Waals surface area contributed by atoms with E-state index in [0.29, 0.717) is 18.7 Å². The van der Waals surface area contributed by atoms with E-state index in [1.165, 1.54) is 0 Å². The summed E-state index contributed by atoms with van der Waals surface area (Å²) < 4.78 is 1.11. The summed E-state index contributed by atoms with van der Waals surface area (Å²) in [7, 11) is 0. The SMILES string of the molecule is CC1(C(N)=O)CCN(CC(=O)c2ccc(I)cc2)C1. The maximum Gasteiger partial charge on any atom is 0.224 e. The van der Waals surface area contributed by atoms with Crippen molar-refractivity contribution >= 4 is 34.3 Å². The van der Waals surface area contributed by atoms with Crippen LogP contribution in [0.25, 0.3) is 0 Å². The number of nitrogens with two attached hydrogens (primary N) is 1. The van der Waals surface area contributed by atoms with E-state index in [9.17, 15) is 9.59 Å². The Morgan fingerprint density at radius 1 is 1.37 bits per heavy atom. The Balaban J connectivity index is 1.98. The van der Waals surface area contributed by atoms with E-state index in [4.69, 9.17) is 5.73 Å². The third-order valence-electron chi connectivity index (χ3n) is 3.68. The number of Topliss-reactive ketones (excluding diaryl/α,β-unsaturated/α-hetero) is 1.